The fourth-order valence-electron chi connectivity index (χ4n) is 3.48. The Morgan fingerprint density at radius 2 is 1.71 bits per heavy atom. The molecule has 0 saturated carbocycles. The predicted molar refractivity (Wildman–Crippen MR) is 124 cm³/mol. The van der Waals surface area contributed by atoms with Gasteiger partial charge in [0.2, 0.25) is 5.91 Å². The first-order chi connectivity index (χ1) is 15.1. The van der Waals surface area contributed by atoms with Crippen LogP contribution in [-0.4, -0.2) is 21.8 Å². The summed E-state index contributed by atoms with van der Waals surface area (Å²) in [6, 6.07) is 20.8. The number of pyridine rings is 1. The van der Waals surface area contributed by atoms with E-state index in [0.717, 1.165) is 32.3 Å². The van der Waals surface area contributed by atoms with Crippen LogP contribution in [0.3, 0.4) is 0 Å². The van der Waals surface area contributed by atoms with E-state index in [1.807, 2.05) is 36.4 Å². The van der Waals surface area contributed by atoms with Crippen molar-refractivity contribution in [3.8, 4) is 11.4 Å². The second-order valence-corrected chi connectivity index (χ2v) is 8.02. The van der Waals surface area contributed by atoms with Gasteiger partial charge in [0.05, 0.1) is 11.4 Å². The van der Waals surface area contributed by atoms with Crippen molar-refractivity contribution >= 4 is 38.6 Å². The van der Waals surface area contributed by atoms with Crippen LogP contribution in [0.5, 0.6) is 0 Å². The van der Waals surface area contributed by atoms with Crippen LogP contribution < -0.4 is 10.9 Å². The monoisotopic (exact) mass is 476 g/mol. The molecule has 2 aromatic heterocycles. The maximum atomic E-state index is 12.2. The van der Waals surface area contributed by atoms with E-state index in [-0.39, 0.29) is 11.8 Å². The Hall–Kier alpha value is -3.45. The van der Waals surface area contributed by atoms with E-state index in [1.165, 1.54) is 0 Å². The van der Waals surface area contributed by atoms with Crippen LogP contribution in [0.15, 0.2) is 77.4 Å². The molecule has 0 spiro atoms. The van der Waals surface area contributed by atoms with E-state index in [2.05, 4.69) is 42.8 Å². The standard InChI is InChI=1S/C24H21BrN4O2/c25-17-13-11-16(12-14-17)24(31)29-28-22(30)10-5-7-19-18-6-1-2-8-20(18)27-23(19)21-9-3-4-15-26-21/h1-4,6,8-9,11-15,27H,5,7,10H2,(H,28,30)(H,29,31). The molecule has 2 aromatic carbocycles. The van der Waals surface area contributed by atoms with Gasteiger partial charge < -0.3 is 4.98 Å². The van der Waals surface area contributed by atoms with Gasteiger partial charge in [-0.2, -0.15) is 0 Å². The number of rotatable bonds is 6. The highest BCUT2D eigenvalue weighted by molar-refractivity contribution is 9.10. The van der Waals surface area contributed by atoms with Crippen molar-refractivity contribution in [2.45, 2.75) is 19.3 Å². The van der Waals surface area contributed by atoms with Crippen molar-refractivity contribution in [1.82, 2.24) is 20.8 Å². The minimum absolute atomic E-state index is 0.232. The second-order valence-electron chi connectivity index (χ2n) is 7.10. The van der Waals surface area contributed by atoms with Gasteiger partial charge in [-0.15, -0.1) is 0 Å². The number of hydrazine groups is 1. The molecule has 0 saturated heterocycles. The third-order valence-corrected chi connectivity index (χ3v) is 5.52. The lowest BCUT2D eigenvalue weighted by atomic mass is 10.0. The van der Waals surface area contributed by atoms with Gasteiger partial charge in [-0.1, -0.05) is 40.2 Å². The number of hydrogen-bond acceptors (Lipinski definition) is 3. The Balaban J connectivity index is 1.37. The molecule has 0 aliphatic carbocycles. The van der Waals surface area contributed by atoms with E-state index < -0.39 is 0 Å². The highest BCUT2D eigenvalue weighted by atomic mass is 79.9. The zero-order valence-corrected chi connectivity index (χ0v) is 18.3. The number of para-hydroxylation sites is 1. The van der Waals surface area contributed by atoms with Crippen LogP contribution in [-0.2, 0) is 11.2 Å². The minimum Gasteiger partial charge on any atom is -0.353 e. The summed E-state index contributed by atoms with van der Waals surface area (Å²) in [6.07, 6.45) is 3.42. The third kappa shape index (κ3) is 5.00. The number of aryl methyl sites for hydroxylation is 1. The maximum Gasteiger partial charge on any atom is 0.269 e. The summed E-state index contributed by atoms with van der Waals surface area (Å²) in [6.45, 7) is 0. The first-order valence-electron chi connectivity index (χ1n) is 9.97. The average molecular weight is 477 g/mol. The number of aromatic nitrogens is 2. The number of aromatic amines is 1. The highest BCUT2D eigenvalue weighted by Gasteiger charge is 2.14. The maximum absolute atomic E-state index is 12.2. The topological polar surface area (TPSA) is 86.9 Å². The van der Waals surface area contributed by atoms with Crippen LogP contribution in [0, 0.1) is 0 Å². The first kappa shape index (κ1) is 20.8. The Kier molecular flexibility index (Phi) is 6.43. The van der Waals surface area contributed by atoms with Gasteiger partial charge in [0, 0.05) is 33.6 Å². The van der Waals surface area contributed by atoms with Gasteiger partial charge >= 0.3 is 0 Å². The Morgan fingerprint density at radius 3 is 2.48 bits per heavy atom. The molecule has 2 heterocycles. The van der Waals surface area contributed by atoms with E-state index in [9.17, 15) is 9.59 Å². The van der Waals surface area contributed by atoms with Gasteiger partial charge in [0.15, 0.2) is 0 Å². The number of hydrogen-bond donors (Lipinski definition) is 3. The summed E-state index contributed by atoms with van der Waals surface area (Å²) in [5, 5.41) is 1.13. The number of fused-ring (bicyclic) bond motifs is 1. The summed E-state index contributed by atoms with van der Waals surface area (Å²) in [7, 11) is 0. The molecule has 0 radical (unpaired) electrons. The number of H-pyrrole nitrogens is 1. The summed E-state index contributed by atoms with van der Waals surface area (Å²) in [5.74, 6) is -0.584. The zero-order valence-electron chi connectivity index (χ0n) is 16.7. The van der Waals surface area contributed by atoms with Crippen molar-refractivity contribution in [3.05, 3.63) is 88.5 Å². The smallest absolute Gasteiger partial charge is 0.269 e. The molecular formula is C24H21BrN4O2. The number of amides is 2. The number of carbonyl (C=O) groups excluding carboxylic acids is 2. The average Bonchev–Trinajstić information content (AvgIpc) is 3.17. The van der Waals surface area contributed by atoms with E-state index >= 15 is 0 Å². The zero-order chi connectivity index (χ0) is 21.6. The molecule has 156 valence electrons. The fourth-order valence-corrected chi connectivity index (χ4v) is 3.74. The van der Waals surface area contributed by atoms with Crippen LogP contribution in [0.4, 0.5) is 0 Å². The number of carbonyl (C=O) groups is 2. The van der Waals surface area contributed by atoms with Gasteiger partial charge in [-0.05, 0) is 60.9 Å². The van der Waals surface area contributed by atoms with Crippen LogP contribution in [0.1, 0.15) is 28.8 Å². The quantitative estimate of drug-likeness (QED) is 0.350. The molecule has 31 heavy (non-hydrogen) atoms. The Bertz CT molecular complexity index is 1200. The second kappa shape index (κ2) is 9.57. The van der Waals surface area contributed by atoms with E-state index in [0.29, 0.717) is 24.8 Å². The van der Waals surface area contributed by atoms with Crippen molar-refractivity contribution in [2.24, 2.45) is 0 Å². The Labute approximate surface area is 188 Å². The minimum atomic E-state index is -0.352. The largest absolute Gasteiger partial charge is 0.353 e. The van der Waals surface area contributed by atoms with Crippen molar-refractivity contribution < 1.29 is 9.59 Å². The summed E-state index contributed by atoms with van der Waals surface area (Å²) < 4.78 is 0.885. The summed E-state index contributed by atoms with van der Waals surface area (Å²) in [4.78, 5) is 32.3. The molecule has 4 aromatic rings. The molecule has 0 fully saturated rings. The van der Waals surface area contributed by atoms with Crippen LogP contribution in [0.25, 0.3) is 22.3 Å². The lowest BCUT2D eigenvalue weighted by molar-refractivity contribution is -0.121. The van der Waals surface area contributed by atoms with E-state index in [4.69, 9.17) is 0 Å². The molecular weight excluding hydrogens is 456 g/mol. The SMILES string of the molecule is O=C(CCCc1c(-c2ccccn2)[nH]c2ccccc12)NNC(=O)c1ccc(Br)cc1. The van der Waals surface area contributed by atoms with Gasteiger partial charge in [0.1, 0.15) is 0 Å². The first-order valence-corrected chi connectivity index (χ1v) is 10.8. The number of halogens is 1. The molecule has 3 N–H and O–H groups in total. The molecule has 7 heteroatoms. The summed E-state index contributed by atoms with van der Waals surface area (Å²) in [5.41, 5.74) is 9.46. The highest BCUT2D eigenvalue weighted by Crippen LogP contribution is 2.30. The molecule has 6 nitrogen and oxygen atoms in total. The van der Waals surface area contributed by atoms with Crippen molar-refractivity contribution in [2.75, 3.05) is 0 Å². The number of benzene rings is 2. The van der Waals surface area contributed by atoms with Crippen molar-refractivity contribution in [3.63, 3.8) is 0 Å². The van der Waals surface area contributed by atoms with Crippen LogP contribution in [0.2, 0.25) is 0 Å². The molecule has 0 unspecified atom stereocenters. The van der Waals surface area contributed by atoms with Gasteiger partial charge in [0.25, 0.3) is 5.91 Å². The normalized spacial score (nSPS) is 10.7. The lowest BCUT2D eigenvalue weighted by Crippen LogP contribution is -2.41. The molecule has 4 rings (SSSR count). The third-order valence-electron chi connectivity index (χ3n) is 4.99. The molecule has 0 bridgehead atoms. The number of nitrogens with one attached hydrogen (secondary N) is 3. The molecule has 0 atom stereocenters. The van der Waals surface area contributed by atoms with Crippen LogP contribution >= 0.6 is 15.9 Å². The summed E-state index contributed by atoms with van der Waals surface area (Å²) >= 11 is 3.33. The fraction of sp³-hybridized carbons (Fsp3) is 0.125. The Morgan fingerprint density at radius 1 is 0.935 bits per heavy atom. The molecule has 0 aliphatic rings. The number of nitrogens with zero attached hydrogens (tertiary/aromatic N) is 1. The van der Waals surface area contributed by atoms with Crippen molar-refractivity contribution in [1.29, 1.82) is 0 Å². The van der Waals surface area contributed by atoms with Gasteiger partial charge in [-0.3, -0.25) is 25.4 Å². The molecule has 2 amide bonds. The molecule has 0 aliphatic heterocycles. The van der Waals surface area contributed by atoms with Gasteiger partial charge in [-0.25, -0.2) is 0 Å². The predicted octanol–water partition coefficient (Wildman–Crippen LogP) is 4.78. The van der Waals surface area contributed by atoms with E-state index in [1.54, 1.807) is 30.5 Å². The lowest BCUT2D eigenvalue weighted by Gasteiger charge is -2.08.